The standard InChI is InChI=1S/C19H13Cl2FN2O3S/c20-13-6-2-5-12(17(13)21)19-24-15(9-28-19)18(27)23-14(8-16(25)26)10-3-1-4-11(22)7-10/h1-7,9,14H,8H2,(H,23,27)(H,25,26). The maximum absolute atomic E-state index is 13.5. The lowest BCUT2D eigenvalue weighted by Gasteiger charge is -2.17. The third kappa shape index (κ3) is 4.67. The second kappa shape index (κ2) is 8.68. The zero-order valence-corrected chi connectivity index (χ0v) is 16.5. The van der Waals surface area contributed by atoms with Gasteiger partial charge in [0.15, 0.2) is 0 Å². The monoisotopic (exact) mass is 438 g/mol. The summed E-state index contributed by atoms with van der Waals surface area (Å²) in [7, 11) is 0. The summed E-state index contributed by atoms with van der Waals surface area (Å²) < 4.78 is 13.5. The van der Waals surface area contributed by atoms with Crippen LogP contribution >= 0.6 is 34.5 Å². The minimum Gasteiger partial charge on any atom is -0.481 e. The third-order valence-corrected chi connectivity index (χ3v) is 5.55. The lowest BCUT2D eigenvalue weighted by Crippen LogP contribution is -2.30. The molecule has 3 aromatic rings. The fourth-order valence-corrected chi connectivity index (χ4v) is 3.83. The smallest absolute Gasteiger partial charge is 0.305 e. The number of benzene rings is 2. The number of carbonyl (C=O) groups is 2. The summed E-state index contributed by atoms with van der Waals surface area (Å²) in [5.41, 5.74) is 1.04. The molecule has 9 heteroatoms. The Balaban J connectivity index is 1.84. The van der Waals surface area contributed by atoms with Gasteiger partial charge in [-0.05, 0) is 23.8 Å². The highest BCUT2D eigenvalue weighted by Crippen LogP contribution is 2.35. The molecule has 5 nitrogen and oxygen atoms in total. The zero-order chi connectivity index (χ0) is 20.3. The van der Waals surface area contributed by atoms with Crippen molar-refractivity contribution in [3.05, 3.63) is 75.0 Å². The van der Waals surface area contributed by atoms with E-state index in [9.17, 15) is 14.0 Å². The van der Waals surface area contributed by atoms with Crippen molar-refractivity contribution in [3.63, 3.8) is 0 Å². The van der Waals surface area contributed by atoms with Crippen molar-refractivity contribution in [3.8, 4) is 10.6 Å². The molecule has 2 aromatic carbocycles. The summed E-state index contributed by atoms with van der Waals surface area (Å²) in [5.74, 6) is -2.22. The first-order valence-electron chi connectivity index (χ1n) is 8.03. The molecule has 1 heterocycles. The molecule has 1 aromatic heterocycles. The predicted octanol–water partition coefficient (Wildman–Crippen LogP) is 5.20. The third-order valence-electron chi connectivity index (χ3n) is 3.85. The van der Waals surface area contributed by atoms with Crippen LogP contribution < -0.4 is 5.32 Å². The van der Waals surface area contributed by atoms with Crippen LogP contribution in [0.4, 0.5) is 4.39 Å². The first-order chi connectivity index (χ1) is 13.3. The second-order valence-corrected chi connectivity index (χ2v) is 7.46. The van der Waals surface area contributed by atoms with Gasteiger partial charge in [0, 0.05) is 10.9 Å². The lowest BCUT2D eigenvalue weighted by molar-refractivity contribution is -0.137. The van der Waals surface area contributed by atoms with Crippen molar-refractivity contribution in [1.29, 1.82) is 0 Å². The molecule has 0 bridgehead atoms. The van der Waals surface area contributed by atoms with Crippen LogP contribution in [0.3, 0.4) is 0 Å². The fourth-order valence-electron chi connectivity index (χ4n) is 2.55. The van der Waals surface area contributed by atoms with E-state index < -0.39 is 30.2 Å². The molecule has 28 heavy (non-hydrogen) atoms. The van der Waals surface area contributed by atoms with Crippen LogP contribution in [0.15, 0.2) is 47.8 Å². The number of nitrogens with one attached hydrogen (secondary N) is 1. The quantitative estimate of drug-likeness (QED) is 0.553. The van der Waals surface area contributed by atoms with Crippen LogP contribution in [0, 0.1) is 5.82 Å². The van der Waals surface area contributed by atoms with Crippen LogP contribution in [0.5, 0.6) is 0 Å². The highest BCUT2D eigenvalue weighted by Gasteiger charge is 2.21. The number of aliphatic carboxylic acids is 1. The van der Waals surface area contributed by atoms with Gasteiger partial charge in [-0.1, -0.05) is 47.5 Å². The Labute approximate surface area is 173 Å². The van der Waals surface area contributed by atoms with Gasteiger partial charge in [0.25, 0.3) is 5.91 Å². The average Bonchev–Trinajstić information content (AvgIpc) is 3.13. The Morgan fingerprint density at radius 1 is 1.21 bits per heavy atom. The minimum atomic E-state index is -1.13. The lowest BCUT2D eigenvalue weighted by atomic mass is 10.0. The number of hydrogen-bond donors (Lipinski definition) is 2. The molecule has 3 rings (SSSR count). The van der Waals surface area contributed by atoms with Gasteiger partial charge in [-0.3, -0.25) is 9.59 Å². The molecule has 0 saturated carbocycles. The van der Waals surface area contributed by atoms with Gasteiger partial charge < -0.3 is 10.4 Å². The highest BCUT2D eigenvalue weighted by atomic mass is 35.5. The number of amides is 1. The summed E-state index contributed by atoms with van der Waals surface area (Å²) in [4.78, 5) is 28.0. The van der Waals surface area contributed by atoms with Crippen LogP contribution in [0.25, 0.3) is 10.6 Å². The number of aromatic nitrogens is 1. The van der Waals surface area contributed by atoms with E-state index in [4.69, 9.17) is 28.3 Å². The normalized spacial score (nSPS) is 11.8. The summed E-state index contributed by atoms with van der Waals surface area (Å²) in [6, 6.07) is 9.62. The van der Waals surface area contributed by atoms with Crippen molar-refractivity contribution in [2.24, 2.45) is 0 Å². The Bertz CT molecular complexity index is 1040. The van der Waals surface area contributed by atoms with E-state index in [1.807, 2.05) is 0 Å². The molecular formula is C19H13Cl2FN2O3S. The average molecular weight is 439 g/mol. The molecule has 144 valence electrons. The van der Waals surface area contributed by atoms with E-state index in [1.165, 1.54) is 34.9 Å². The molecule has 1 unspecified atom stereocenters. The molecule has 0 aliphatic rings. The van der Waals surface area contributed by atoms with Crippen molar-refractivity contribution in [2.45, 2.75) is 12.5 Å². The van der Waals surface area contributed by atoms with Crippen LogP contribution in [-0.4, -0.2) is 22.0 Å². The van der Waals surface area contributed by atoms with Crippen molar-refractivity contribution < 1.29 is 19.1 Å². The largest absolute Gasteiger partial charge is 0.481 e. The minimum absolute atomic E-state index is 0.0998. The van der Waals surface area contributed by atoms with Crippen LogP contribution in [0.2, 0.25) is 10.0 Å². The van der Waals surface area contributed by atoms with Gasteiger partial charge >= 0.3 is 5.97 Å². The molecule has 2 N–H and O–H groups in total. The Morgan fingerprint density at radius 3 is 2.68 bits per heavy atom. The van der Waals surface area contributed by atoms with Crippen LogP contribution in [-0.2, 0) is 4.79 Å². The molecule has 0 aliphatic carbocycles. The fraction of sp³-hybridized carbons (Fsp3) is 0.105. The van der Waals surface area contributed by atoms with Gasteiger partial charge in [0.1, 0.15) is 16.5 Å². The summed E-state index contributed by atoms with van der Waals surface area (Å²) in [6.45, 7) is 0. The number of rotatable bonds is 6. The number of carboxylic acids is 1. The second-order valence-electron chi connectivity index (χ2n) is 5.82. The first kappa shape index (κ1) is 20.3. The van der Waals surface area contributed by atoms with E-state index in [1.54, 1.807) is 24.3 Å². The number of carboxylic acid groups (broad SMARTS) is 1. The molecule has 0 radical (unpaired) electrons. The number of nitrogens with zero attached hydrogens (tertiary/aromatic N) is 1. The maximum atomic E-state index is 13.5. The Morgan fingerprint density at radius 2 is 1.96 bits per heavy atom. The van der Waals surface area contributed by atoms with Gasteiger partial charge in [0.2, 0.25) is 0 Å². The number of thiazole rings is 1. The Hall–Kier alpha value is -2.48. The van der Waals surface area contributed by atoms with E-state index in [0.29, 0.717) is 26.2 Å². The van der Waals surface area contributed by atoms with Crippen molar-refractivity contribution >= 4 is 46.4 Å². The molecule has 1 atom stereocenters. The van der Waals surface area contributed by atoms with Gasteiger partial charge in [-0.2, -0.15) is 0 Å². The van der Waals surface area contributed by atoms with E-state index in [2.05, 4.69) is 10.3 Å². The predicted molar refractivity (Wildman–Crippen MR) is 106 cm³/mol. The summed E-state index contributed by atoms with van der Waals surface area (Å²) in [6.07, 6.45) is -0.397. The zero-order valence-electron chi connectivity index (χ0n) is 14.2. The van der Waals surface area contributed by atoms with Crippen molar-refractivity contribution in [2.75, 3.05) is 0 Å². The topological polar surface area (TPSA) is 79.3 Å². The SMILES string of the molecule is O=C(O)CC(NC(=O)c1csc(-c2cccc(Cl)c2Cl)n1)c1cccc(F)c1. The molecule has 1 amide bonds. The maximum Gasteiger partial charge on any atom is 0.305 e. The molecule has 0 fully saturated rings. The molecule has 0 aliphatic heterocycles. The Kier molecular flexibility index (Phi) is 6.28. The number of carbonyl (C=O) groups excluding carboxylic acids is 1. The first-order valence-corrected chi connectivity index (χ1v) is 9.66. The van der Waals surface area contributed by atoms with Crippen molar-refractivity contribution in [1.82, 2.24) is 10.3 Å². The van der Waals surface area contributed by atoms with Gasteiger partial charge in [0.05, 0.1) is 22.5 Å². The summed E-state index contributed by atoms with van der Waals surface area (Å²) in [5, 5.41) is 14.4. The highest BCUT2D eigenvalue weighted by molar-refractivity contribution is 7.13. The molecular weight excluding hydrogens is 426 g/mol. The van der Waals surface area contributed by atoms with Gasteiger partial charge in [-0.25, -0.2) is 9.37 Å². The van der Waals surface area contributed by atoms with E-state index in [0.717, 1.165) is 0 Å². The molecule has 0 spiro atoms. The van der Waals surface area contributed by atoms with E-state index in [-0.39, 0.29) is 5.69 Å². The number of halogens is 3. The van der Waals surface area contributed by atoms with Gasteiger partial charge in [-0.15, -0.1) is 11.3 Å². The van der Waals surface area contributed by atoms with Crippen LogP contribution in [0.1, 0.15) is 28.5 Å². The summed E-state index contributed by atoms with van der Waals surface area (Å²) >= 11 is 13.4. The number of hydrogen-bond acceptors (Lipinski definition) is 4. The van der Waals surface area contributed by atoms with E-state index >= 15 is 0 Å². The molecule has 0 saturated heterocycles.